The van der Waals surface area contributed by atoms with Crippen molar-refractivity contribution in [3.8, 4) is 11.5 Å². The molecule has 1 heterocycles. The Labute approximate surface area is 219 Å². The van der Waals surface area contributed by atoms with Crippen LogP contribution in [0.2, 0.25) is 0 Å². The summed E-state index contributed by atoms with van der Waals surface area (Å²) in [7, 11) is -1.78. The van der Waals surface area contributed by atoms with Gasteiger partial charge in [0.1, 0.15) is 17.5 Å². The van der Waals surface area contributed by atoms with Crippen LogP contribution in [0, 0.1) is 13.8 Å². The number of carbonyl (C=O) groups is 3. The molecule has 3 amide bonds. The highest BCUT2D eigenvalue weighted by atomic mass is 32.2. The first kappa shape index (κ1) is 26.7. The van der Waals surface area contributed by atoms with Crippen LogP contribution in [0.4, 0.5) is 11.4 Å². The number of hydrogen-bond donors (Lipinski definition) is 2. The Bertz CT molecular complexity index is 1210. The molecular formula is C27H33N3O6S. The third-order valence-corrected chi connectivity index (χ3v) is 7.73. The highest BCUT2D eigenvalue weighted by molar-refractivity contribution is 7.86. The third kappa shape index (κ3) is 6.68. The van der Waals surface area contributed by atoms with E-state index in [1.165, 1.54) is 4.90 Å². The number of aryl methyl sites for hydroxylation is 2. The smallest absolute Gasteiger partial charge is 0.243 e. The van der Waals surface area contributed by atoms with E-state index < -0.39 is 28.7 Å². The van der Waals surface area contributed by atoms with Gasteiger partial charge in [0.2, 0.25) is 24.5 Å². The van der Waals surface area contributed by atoms with E-state index in [1.807, 2.05) is 26.0 Å². The number of hydrogen-bond acceptors (Lipinski definition) is 6. The van der Waals surface area contributed by atoms with E-state index in [0.717, 1.165) is 36.8 Å². The molecule has 2 N–H and O–H groups in total. The topological polar surface area (TPSA) is 114 Å². The Morgan fingerprint density at radius 1 is 1.03 bits per heavy atom. The van der Waals surface area contributed by atoms with E-state index in [9.17, 15) is 18.6 Å². The Morgan fingerprint density at radius 2 is 1.76 bits per heavy atom. The lowest BCUT2D eigenvalue weighted by Crippen LogP contribution is -2.51. The fourth-order valence-electron chi connectivity index (χ4n) is 4.72. The van der Waals surface area contributed by atoms with Crippen molar-refractivity contribution < 1.29 is 28.1 Å². The SMILES string of the molecule is Cc1ccc(N(C(=O)C[S@@](=O)CC(=O)Nc2ccc3c(c2)OCO3)[C@H](C)C(=O)NC2CCCC2)c(C)c1. The molecule has 0 bridgehead atoms. The van der Waals surface area contributed by atoms with Gasteiger partial charge in [0.05, 0.1) is 0 Å². The van der Waals surface area contributed by atoms with Gasteiger partial charge in [-0.1, -0.05) is 30.5 Å². The molecule has 198 valence electrons. The molecule has 1 fully saturated rings. The minimum atomic E-state index is -1.78. The lowest BCUT2D eigenvalue weighted by Gasteiger charge is -2.31. The van der Waals surface area contributed by atoms with Crippen LogP contribution in [-0.4, -0.2) is 52.3 Å². The molecule has 0 spiro atoms. The molecule has 2 aromatic carbocycles. The average molecular weight is 528 g/mol. The molecule has 1 saturated carbocycles. The number of rotatable bonds is 9. The first-order valence-corrected chi connectivity index (χ1v) is 13.9. The van der Waals surface area contributed by atoms with Crippen molar-refractivity contribution in [1.82, 2.24) is 5.32 Å². The molecule has 10 heteroatoms. The molecule has 0 aromatic heterocycles. The first-order chi connectivity index (χ1) is 17.7. The summed E-state index contributed by atoms with van der Waals surface area (Å²) in [5, 5.41) is 5.73. The molecule has 1 aliphatic carbocycles. The second-order valence-electron chi connectivity index (χ2n) is 9.56. The molecule has 1 aliphatic heterocycles. The zero-order valence-electron chi connectivity index (χ0n) is 21.4. The monoisotopic (exact) mass is 527 g/mol. The van der Waals surface area contributed by atoms with Gasteiger partial charge < -0.3 is 20.1 Å². The molecule has 2 aromatic rings. The number of amides is 3. The second kappa shape index (κ2) is 11.8. The fourth-order valence-corrected chi connectivity index (χ4v) is 5.60. The van der Waals surface area contributed by atoms with Crippen molar-refractivity contribution in [3.63, 3.8) is 0 Å². The van der Waals surface area contributed by atoms with E-state index in [-0.39, 0.29) is 30.2 Å². The molecule has 4 rings (SSSR count). The van der Waals surface area contributed by atoms with Crippen molar-refractivity contribution in [1.29, 1.82) is 0 Å². The lowest BCUT2D eigenvalue weighted by atomic mass is 10.1. The summed E-state index contributed by atoms with van der Waals surface area (Å²) in [4.78, 5) is 40.4. The fraction of sp³-hybridized carbons (Fsp3) is 0.444. The van der Waals surface area contributed by atoms with Gasteiger partial charge in [0, 0.05) is 34.3 Å². The number of ether oxygens (including phenoxy) is 2. The minimum Gasteiger partial charge on any atom is -0.454 e. The molecular weight excluding hydrogens is 494 g/mol. The van der Waals surface area contributed by atoms with Crippen molar-refractivity contribution in [2.45, 2.75) is 58.5 Å². The van der Waals surface area contributed by atoms with E-state index in [1.54, 1.807) is 31.2 Å². The largest absolute Gasteiger partial charge is 0.454 e. The van der Waals surface area contributed by atoms with Gasteiger partial charge in [-0.3, -0.25) is 23.5 Å². The van der Waals surface area contributed by atoms with Crippen LogP contribution >= 0.6 is 0 Å². The lowest BCUT2D eigenvalue weighted by molar-refractivity contribution is -0.125. The zero-order chi connectivity index (χ0) is 26.5. The van der Waals surface area contributed by atoms with Crippen LogP contribution < -0.4 is 25.0 Å². The van der Waals surface area contributed by atoms with E-state index in [4.69, 9.17) is 9.47 Å². The molecule has 0 unspecified atom stereocenters. The van der Waals surface area contributed by atoms with Crippen molar-refractivity contribution >= 4 is 39.9 Å². The number of nitrogens with zero attached hydrogens (tertiary/aromatic N) is 1. The highest BCUT2D eigenvalue weighted by Crippen LogP contribution is 2.34. The van der Waals surface area contributed by atoms with Crippen molar-refractivity contribution in [2.75, 3.05) is 28.5 Å². The van der Waals surface area contributed by atoms with Crippen LogP contribution in [-0.2, 0) is 25.2 Å². The normalized spacial score (nSPS) is 16.2. The van der Waals surface area contributed by atoms with Gasteiger partial charge in [-0.25, -0.2) is 0 Å². The molecule has 0 radical (unpaired) electrons. The highest BCUT2D eigenvalue weighted by Gasteiger charge is 2.31. The third-order valence-electron chi connectivity index (χ3n) is 6.58. The Hall–Kier alpha value is -3.40. The minimum absolute atomic E-state index is 0.111. The van der Waals surface area contributed by atoms with Gasteiger partial charge in [0.15, 0.2) is 11.5 Å². The summed E-state index contributed by atoms with van der Waals surface area (Å²) in [6.45, 7) is 5.62. The number of nitrogens with one attached hydrogen (secondary N) is 2. The molecule has 2 atom stereocenters. The summed E-state index contributed by atoms with van der Waals surface area (Å²) >= 11 is 0. The van der Waals surface area contributed by atoms with E-state index in [2.05, 4.69) is 10.6 Å². The Morgan fingerprint density at radius 3 is 2.49 bits per heavy atom. The molecule has 37 heavy (non-hydrogen) atoms. The van der Waals surface area contributed by atoms with E-state index in [0.29, 0.717) is 22.9 Å². The number of carbonyl (C=O) groups excluding carboxylic acids is 3. The summed E-state index contributed by atoms with van der Waals surface area (Å²) in [5.41, 5.74) is 2.93. The summed E-state index contributed by atoms with van der Waals surface area (Å²) in [6.07, 6.45) is 4.01. The van der Waals surface area contributed by atoms with E-state index >= 15 is 0 Å². The zero-order valence-corrected chi connectivity index (χ0v) is 22.2. The van der Waals surface area contributed by atoms with Gasteiger partial charge in [0.25, 0.3) is 0 Å². The maximum absolute atomic E-state index is 13.4. The Balaban J connectivity index is 1.43. The van der Waals surface area contributed by atoms with Gasteiger partial charge in [-0.2, -0.15) is 0 Å². The number of fused-ring (bicyclic) bond motifs is 1. The molecule has 0 saturated heterocycles. The number of anilines is 2. The standard InChI is InChI=1S/C27H33N3O6S/c1-17-8-10-22(18(2)12-17)30(19(3)27(33)29-20-6-4-5-7-20)26(32)15-37(34)14-25(31)28-21-9-11-23-24(13-21)36-16-35-23/h8-13,19-20H,4-7,14-16H2,1-3H3,(H,28,31)(H,29,33)/t19-,37+/m1/s1. The molecule has 9 nitrogen and oxygen atoms in total. The van der Waals surface area contributed by atoms with Crippen LogP contribution in [0.15, 0.2) is 36.4 Å². The summed E-state index contributed by atoms with van der Waals surface area (Å²) in [6, 6.07) is 9.89. The van der Waals surface area contributed by atoms with Crippen molar-refractivity contribution in [3.05, 3.63) is 47.5 Å². The predicted molar refractivity (Wildman–Crippen MR) is 142 cm³/mol. The van der Waals surface area contributed by atoms with Gasteiger partial charge in [-0.05, 0) is 57.4 Å². The maximum atomic E-state index is 13.4. The second-order valence-corrected chi connectivity index (χ2v) is 11.0. The van der Waals surface area contributed by atoms with Crippen LogP contribution in [0.1, 0.15) is 43.7 Å². The Kier molecular flexibility index (Phi) is 8.48. The quantitative estimate of drug-likeness (QED) is 0.518. The maximum Gasteiger partial charge on any atom is 0.243 e. The van der Waals surface area contributed by atoms with Gasteiger partial charge in [-0.15, -0.1) is 0 Å². The first-order valence-electron chi connectivity index (χ1n) is 12.5. The average Bonchev–Trinajstić information content (AvgIpc) is 3.52. The van der Waals surface area contributed by atoms with Gasteiger partial charge >= 0.3 is 0 Å². The predicted octanol–water partition coefficient (Wildman–Crippen LogP) is 3.20. The number of benzene rings is 2. The summed E-state index contributed by atoms with van der Waals surface area (Å²) < 4.78 is 23.4. The van der Waals surface area contributed by atoms with Crippen LogP contribution in [0.25, 0.3) is 0 Å². The van der Waals surface area contributed by atoms with Crippen LogP contribution in [0.3, 0.4) is 0 Å². The molecule has 2 aliphatic rings. The van der Waals surface area contributed by atoms with Crippen LogP contribution in [0.5, 0.6) is 11.5 Å². The summed E-state index contributed by atoms with van der Waals surface area (Å²) in [5.74, 6) is -0.850. The van der Waals surface area contributed by atoms with Crippen molar-refractivity contribution in [2.24, 2.45) is 0 Å².